The van der Waals surface area contributed by atoms with Crippen molar-refractivity contribution in [3.8, 4) is 0 Å². The van der Waals surface area contributed by atoms with Crippen LogP contribution in [0, 0.1) is 5.82 Å². The van der Waals surface area contributed by atoms with Crippen molar-refractivity contribution in [1.82, 2.24) is 19.6 Å². The van der Waals surface area contributed by atoms with Crippen LogP contribution < -0.4 is 5.56 Å². The molecular formula is C26H29FN4O3. The smallest absolute Gasteiger partial charge is 0.275 e. The molecule has 1 aliphatic rings. The predicted octanol–water partition coefficient (Wildman–Crippen LogP) is 3.25. The minimum Gasteiger partial charge on any atom is -0.339 e. The first-order chi connectivity index (χ1) is 16.5. The average molecular weight is 465 g/mol. The highest BCUT2D eigenvalue weighted by atomic mass is 19.1. The van der Waals surface area contributed by atoms with Gasteiger partial charge in [-0.05, 0) is 30.2 Å². The second-order valence-electron chi connectivity index (χ2n) is 8.61. The monoisotopic (exact) mass is 464 g/mol. The lowest BCUT2D eigenvalue weighted by Gasteiger charge is -2.34. The molecule has 0 saturated carbocycles. The number of benzene rings is 2. The number of unbranched alkanes of at least 4 members (excludes halogenated alkanes) is 2. The van der Waals surface area contributed by atoms with Crippen molar-refractivity contribution in [1.29, 1.82) is 0 Å². The summed E-state index contributed by atoms with van der Waals surface area (Å²) < 4.78 is 14.5. The van der Waals surface area contributed by atoms with Gasteiger partial charge in [0.1, 0.15) is 5.82 Å². The highest BCUT2D eigenvalue weighted by molar-refractivity contribution is 6.04. The molecule has 1 fully saturated rings. The van der Waals surface area contributed by atoms with Gasteiger partial charge >= 0.3 is 0 Å². The Hall–Kier alpha value is -3.55. The molecule has 7 nitrogen and oxygen atoms in total. The highest BCUT2D eigenvalue weighted by Crippen LogP contribution is 2.17. The Labute approximate surface area is 197 Å². The van der Waals surface area contributed by atoms with Crippen molar-refractivity contribution in [2.75, 3.05) is 26.2 Å². The Morgan fingerprint density at radius 2 is 1.56 bits per heavy atom. The van der Waals surface area contributed by atoms with Gasteiger partial charge in [-0.25, -0.2) is 9.07 Å². The molecule has 0 radical (unpaired) electrons. The lowest BCUT2D eigenvalue weighted by molar-refractivity contribution is -0.131. The Morgan fingerprint density at radius 1 is 0.912 bits per heavy atom. The number of hydrogen-bond acceptors (Lipinski definition) is 4. The number of fused-ring (bicyclic) bond motifs is 1. The van der Waals surface area contributed by atoms with E-state index in [2.05, 4.69) is 12.0 Å². The maximum atomic E-state index is 13.4. The van der Waals surface area contributed by atoms with E-state index in [1.54, 1.807) is 46.2 Å². The molecule has 2 amide bonds. The van der Waals surface area contributed by atoms with Crippen molar-refractivity contribution in [2.45, 2.75) is 39.2 Å². The topological polar surface area (TPSA) is 75.5 Å². The first-order valence-electron chi connectivity index (χ1n) is 11.8. The zero-order valence-electron chi connectivity index (χ0n) is 19.4. The van der Waals surface area contributed by atoms with Crippen LogP contribution in [0.1, 0.15) is 42.2 Å². The third-order valence-electron chi connectivity index (χ3n) is 6.23. The second-order valence-corrected chi connectivity index (χ2v) is 8.61. The lowest BCUT2D eigenvalue weighted by atomic mass is 10.1. The van der Waals surface area contributed by atoms with Crippen LogP contribution >= 0.6 is 0 Å². The first-order valence-corrected chi connectivity index (χ1v) is 11.8. The summed E-state index contributed by atoms with van der Waals surface area (Å²) in [6, 6.07) is 13.0. The minimum atomic E-state index is -0.332. The normalized spacial score (nSPS) is 13.9. The maximum Gasteiger partial charge on any atom is 0.275 e. The van der Waals surface area contributed by atoms with Crippen LogP contribution in [0.2, 0.25) is 0 Å². The minimum absolute atomic E-state index is 0.0493. The van der Waals surface area contributed by atoms with Crippen LogP contribution in [0.4, 0.5) is 4.39 Å². The zero-order valence-corrected chi connectivity index (χ0v) is 19.4. The second kappa shape index (κ2) is 10.6. The predicted molar refractivity (Wildman–Crippen MR) is 128 cm³/mol. The molecule has 2 aromatic carbocycles. The van der Waals surface area contributed by atoms with Crippen molar-refractivity contribution in [3.63, 3.8) is 0 Å². The van der Waals surface area contributed by atoms with E-state index < -0.39 is 0 Å². The van der Waals surface area contributed by atoms with E-state index in [9.17, 15) is 18.8 Å². The molecule has 0 bridgehead atoms. The molecule has 1 aliphatic heterocycles. The summed E-state index contributed by atoms with van der Waals surface area (Å²) in [6.45, 7) is 4.18. The molecule has 1 aromatic heterocycles. The van der Waals surface area contributed by atoms with Gasteiger partial charge in [-0.2, -0.15) is 5.10 Å². The summed E-state index contributed by atoms with van der Waals surface area (Å²) >= 11 is 0. The number of hydrogen-bond donors (Lipinski definition) is 0. The molecule has 2 heterocycles. The van der Waals surface area contributed by atoms with Gasteiger partial charge in [0, 0.05) is 38.1 Å². The first kappa shape index (κ1) is 23.6. The molecule has 178 valence electrons. The summed E-state index contributed by atoms with van der Waals surface area (Å²) in [5.74, 6) is -0.612. The number of aromatic nitrogens is 2. The van der Waals surface area contributed by atoms with Gasteiger partial charge in [0.05, 0.1) is 11.8 Å². The Balaban J connectivity index is 1.47. The molecule has 0 spiro atoms. The molecule has 0 aliphatic carbocycles. The number of amides is 2. The Bertz CT molecular complexity index is 1230. The largest absolute Gasteiger partial charge is 0.339 e. The van der Waals surface area contributed by atoms with Crippen molar-refractivity contribution < 1.29 is 14.0 Å². The molecular weight excluding hydrogens is 435 g/mol. The number of aryl methyl sites for hydroxylation is 1. The number of halogens is 1. The quantitative estimate of drug-likeness (QED) is 0.503. The molecule has 4 rings (SSSR count). The molecule has 0 N–H and O–H groups in total. The van der Waals surface area contributed by atoms with E-state index in [0.717, 1.165) is 24.8 Å². The van der Waals surface area contributed by atoms with E-state index in [0.29, 0.717) is 43.5 Å². The van der Waals surface area contributed by atoms with Crippen LogP contribution in [-0.2, 0) is 17.8 Å². The molecule has 0 atom stereocenters. The van der Waals surface area contributed by atoms with Crippen LogP contribution in [0.25, 0.3) is 10.8 Å². The molecule has 1 saturated heterocycles. The van der Waals surface area contributed by atoms with Crippen molar-refractivity contribution in [3.05, 3.63) is 76.0 Å². The van der Waals surface area contributed by atoms with E-state index in [1.165, 1.54) is 16.8 Å². The fourth-order valence-electron chi connectivity index (χ4n) is 4.25. The average Bonchev–Trinajstić information content (AvgIpc) is 2.86. The van der Waals surface area contributed by atoms with Gasteiger partial charge in [-0.15, -0.1) is 0 Å². The number of nitrogens with zero attached hydrogens (tertiary/aromatic N) is 4. The molecule has 34 heavy (non-hydrogen) atoms. The molecule has 8 heteroatoms. The number of carbonyl (C=O) groups is 2. The van der Waals surface area contributed by atoms with E-state index in [1.807, 2.05) is 0 Å². The van der Waals surface area contributed by atoms with Crippen LogP contribution in [0.3, 0.4) is 0 Å². The number of rotatable bonds is 7. The lowest BCUT2D eigenvalue weighted by Crippen LogP contribution is -2.51. The molecule has 3 aromatic rings. The van der Waals surface area contributed by atoms with Gasteiger partial charge in [-0.3, -0.25) is 14.4 Å². The Morgan fingerprint density at radius 3 is 2.24 bits per heavy atom. The highest BCUT2D eigenvalue weighted by Gasteiger charge is 2.27. The Kier molecular flexibility index (Phi) is 7.35. The van der Waals surface area contributed by atoms with Gasteiger partial charge in [-0.1, -0.05) is 50.1 Å². The fourth-order valence-corrected chi connectivity index (χ4v) is 4.25. The number of piperazine rings is 1. The maximum absolute atomic E-state index is 13.4. The standard InChI is InChI=1S/C26H29FN4O3/c1-2-3-6-13-31-25(33)22-8-5-4-7-21(22)24(28-31)26(34)30-16-14-29(15-17-30)23(32)18-19-9-11-20(27)12-10-19/h4-5,7-12H,2-3,6,13-18H2,1H3. The van der Waals surface area contributed by atoms with Crippen LogP contribution in [0.5, 0.6) is 0 Å². The van der Waals surface area contributed by atoms with Crippen molar-refractivity contribution >= 4 is 22.6 Å². The van der Waals surface area contributed by atoms with Gasteiger partial charge in [0.25, 0.3) is 11.5 Å². The molecule has 0 unspecified atom stereocenters. The van der Waals surface area contributed by atoms with Crippen LogP contribution in [0.15, 0.2) is 53.3 Å². The summed E-state index contributed by atoms with van der Waals surface area (Å²) in [7, 11) is 0. The van der Waals surface area contributed by atoms with E-state index in [-0.39, 0.29) is 35.3 Å². The SMILES string of the molecule is CCCCCn1nc(C(=O)N2CCN(C(=O)Cc3ccc(F)cc3)CC2)c2ccccc2c1=O. The van der Waals surface area contributed by atoms with E-state index in [4.69, 9.17) is 0 Å². The summed E-state index contributed by atoms with van der Waals surface area (Å²) in [4.78, 5) is 42.4. The fraction of sp³-hybridized carbons (Fsp3) is 0.385. The van der Waals surface area contributed by atoms with Gasteiger partial charge in [0.15, 0.2) is 5.69 Å². The summed E-state index contributed by atoms with van der Waals surface area (Å²) in [6.07, 6.45) is 3.03. The summed E-state index contributed by atoms with van der Waals surface area (Å²) in [5, 5.41) is 5.51. The van der Waals surface area contributed by atoms with Gasteiger partial charge in [0.2, 0.25) is 5.91 Å². The van der Waals surface area contributed by atoms with Gasteiger partial charge < -0.3 is 9.80 Å². The van der Waals surface area contributed by atoms with Crippen molar-refractivity contribution in [2.24, 2.45) is 0 Å². The number of carbonyl (C=O) groups excluding carboxylic acids is 2. The third-order valence-corrected chi connectivity index (χ3v) is 6.23. The third kappa shape index (κ3) is 5.16. The zero-order chi connectivity index (χ0) is 24.1. The van der Waals surface area contributed by atoms with E-state index >= 15 is 0 Å². The van der Waals surface area contributed by atoms with Crippen LogP contribution in [-0.4, -0.2) is 57.6 Å². The summed E-state index contributed by atoms with van der Waals surface area (Å²) in [5.41, 5.74) is 0.850.